The Balaban J connectivity index is 1.90. The number of nitriles is 1. The molecule has 0 radical (unpaired) electrons. The lowest BCUT2D eigenvalue weighted by molar-refractivity contribution is -0.114. The van der Waals surface area contributed by atoms with Crippen molar-refractivity contribution in [3.63, 3.8) is 0 Å². The molecular weight excluding hydrogens is 510 g/mol. The minimum Gasteiger partial charge on any atom is -0.465 e. The molecule has 0 bridgehead atoms. The zero-order chi connectivity index (χ0) is 27.8. The van der Waals surface area contributed by atoms with E-state index in [1.54, 1.807) is 57.2 Å². The first-order valence-electron chi connectivity index (χ1n) is 11.6. The number of nitrogens with zero attached hydrogens (tertiary/aromatic N) is 1. The predicted octanol–water partition coefficient (Wildman–Crippen LogP) is 5.18. The van der Waals surface area contributed by atoms with Crippen LogP contribution in [-0.2, 0) is 25.4 Å². The van der Waals surface area contributed by atoms with Gasteiger partial charge in [0.05, 0.1) is 37.0 Å². The van der Waals surface area contributed by atoms with Gasteiger partial charge in [-0.2, -0.15) is 5.26 Å². The topological polar surface area (TPSA) is 133 Å². The fraction of sp³-hybridized carbons (Fsp3) is 0.250. The lowest BCUT2D eigenvalue weighted by Gasteiger charge is -2.05. The molecular formula is C28H25NO8S. The van der Waals surface area contributed by atoms with E-state index in [1.165, 1.54) is 13.2 Å². The third kappa shape index (κ3) is 6.25. The van der Waals surface area contributed by atoms with Gasteiger partial charge < -0.3 is 18.6 Å². The summed E-state index contributed by atoms with van der Waals surface area (Å²) in [6.45, 7) is 5.17. The number of esters is 3. The van der Waals surface area contributed by atoms with Gasteiger partial charge in [0, 0.05) is 22.9 Å². The standard InChI is InChI=1S/C28H25NO8S/c1-5-35-27(32)24-16(3)25(28(33)36-6-2)38-23(24)14-21(30)19(15-29)13-20-10-11-22(37-20)17-8-7-9-18(12-17)26(31)34-4/h7-13H,5-6,14H2,1-4H3/b19-13+. The molecule has 196 valence electrons. The molecule has 0 aliphatic heterocycles. The fourth-order valence-electron chi connectivity index (χ4n) is 3.62. The van der Waals surface area contributed by atoms with E-state index in [4.69, 9.17) is 18.6 Å². The first-order chi connectivity index (χ1) is 18.2. The molecule has 9 nitrogen and oxygen atoms in total. The molecule has 0 fully saturated rings. The summed E-state index contributed by atoms with van der Waals surface area (Å²) >= 11 is 0.964. The lowest BCUT2D eigenvalue weighted by Crippen LogP contribution is -2.12. The van der Waals surface area contributed by atoms with Gasteiger partial charge in [0.25, 0.3) is 0 Å². The first kappa shape index (κ1) is 28.1. The third-order valence-corrected chi connectivity index (χ3v) is 6.66. The maximum Gasteiger partial charge on any atom is 0.348 e. The van der Waals surface area contributed by atoms with Gasteiger partial charge in [-0.3, -0.25) is 4.79 Å². The monoisotopic (exact) mass is 535 g/mol. The van der Waals surface area contributed by atoms with Gasteiger partial charge in [-0.05, 0) is 50.6 Å². The zero-order valence-corrected chi connectivity index (χ0v) is 22.1. The summed E-state index contributed by atoms with van der Waals surface area (Å²) in [5.74, 6) is -1.66. The van der Waals surface area contributed by atoms with Crippen molar-refractivity contribution < 1.29 is 37.8 Å². The number of ether oxygens (including phenoxy) is 3. The van der Waals surface area contributed by atoms with Crippen molar-refractivity contribution in [3.8, 4) is 17.4 Å². The number of thiophene rings is 1. The van der Waals surface area contributed by atoms with Crippen LogP contribution in [0.2, 0.25) is 0 Å². The minimum atomic E-state index is -0.660. The van der Waals surface area contributed by atoms with Gasteiger partial charge in [-0.25, -0.2) is 14.4 Å². The molecule has 2 aromatic heterocycles. The molecule has 0 spiro atoms. The molecule has 0 aliphatic rings. The summed E-state index contributed by atoms with van der Waals surface area (Å²) in [4.78, 5) is 50.4. The Morgan fingerprint density at radius 1 is 1.03 bits per heavy atom. The van der Waals surface area contributed by atoms with Crippen molar-refractivity contribution in [3.05, 3.63) is 74.2 Å². The highest BCUT2D eigenvalue weighted by molar-refractivity contribution is 7.14. The van der Waals surface area contributed by atoms with Crippen LogP contribution in [0.4, 0.5) is 0 Å². The fourth-order valence-corrected chi connectivity index (χ4v) is 4.81. The molecule has 10 heteroatoms. The highest BCUT2D eigenvalue weighted by Gasteiger charge is 2.28. The lowest BCUT2D eigenvalue weighted by atomic mass is 10.0. The van der Waals surface area contributed by atoms with E-state index in [9.17, 15) is 24.4 Å². The van der Waals surface area contributed by atoms with E-state index in [1.807, 2.05) is 6.07 Å². The number of carbonyl (C=O) groups excluding carboxylic acids is 4. The van der Waals surface area contributed by atoms with Crippen LogP contribution in [0, 0.1) is 18.3 Å². The van der Waals surface area contributed by atoms with Crippen LogP contribution in [0.3, 0.4) is 0 Å². The number of furan rings is 1. The van der Waals surface area contributed by atoms with Crippen molar-refractivity contribution in [1.29, 1.82) is 5.26 Å². The average Bonchev–Trinajstić information content (AvgIpc) is 3.51. The Morgan fingerprint density at radius 3 is 2.39 bits per heavy atom. The predicted molar refractivity (Wildman–Crippen MR) is 139 cm³/mol. The number of rotatable bonds is 10. The molecule has 1 aromatic carbocycles. The molecule has 0 unspecified atom stereocenters. The molecule has 0 N–H and O–H groups in total. The maximum absolute atomic E-state index is 13.1. The Bertz CT molecular complexity index is 1450. The van der Waals surface area contributed by atoms with E-state index in [-0.39, 0.29) is 41.4 Å². The molecule has 0 amide bonds. The molecule has 3 rings (SSSR count). The number of benzene rings is 1. The van der Waals surface area contributed by atoms with Crippen LogP contribution in [0.25, 0.3) is 17.4 Å². The summed E-state index contributed by atoms with van der Waals surface area (Å²) in [5, 5.41) is 9.67. The Labute approximate surface area is 223 Å². The Morgan fingerprint density at radius 2 is 1.74 bits per heavy atom. The molecule has 3 aromatic rings. The molecule has 0 saturated heterocycles. The number of allylic oxidation sites excluding steroid dienone is 1. The third-order valence-electron chi connectivity index (χ3n) is 5.38. The number of ketones is 1. The smallest absolute Gasteiger partial charge is 0.348 e. The maximum atomic E-state index is 13.1. The van der Waals surface area contributed by atoms with Gasteiger partial charge in [0.1, 0.15) is 22.5 Å². The Hall–Kier alpha value is -4.49. The molecule has 0 saturated carbocycles. The second kappa shape index (κ2) is 12.7. The highest BCUT2D eigenvalue weighted by atomic mass is 32.1. The van der Waals surface area contributed by atoms with Crippen LogP contribution in [0.15, 0.2) is 46.4 Å². The second-order valence-electron chi connectivity index (χ2n) is 7.84. The van der Waals surface area contributed by atoms with Gasteiger partial charge >= 0.3 is 17.9 Å². The number of hydrogen-bond donors (Lipinski definition) is 0. The largest absolute Gasteiger partial charge is 0.465 e. The SMILES string of the molecule is CCOC(=O)c1sc(CC(=O)/C(C#N)=C/c2ccc(-c3cccc(C(=O)OC)c3)o2)c(C(=O)OCC)c1C. The summed E-state index contributed by atoms with van der Waals surface area (Å²) < 4.78 is 20.7. The van der Waals surface area contributed by atoms with Crippen LogP contribution < -0.4 is 0 Å². The summed E-state index contributed by atoms with van der Waals surface area (Å²) in [6, 6.07) is 11.7. The van der Waals surface area contributed by atoms with Crippen LogP contribution >= 0.6 is 11.3 Å². The van der Waals surface area contributed by atoms with E-state index >= 15 is 0 Å². The minimum absolute atomic E-state index is 0.114. The summed E-state index contributed by atoms with van der Waals surface area (Å²) in [6.07, 6.45) is 1.000. The van der Waals surface area contributed by atoms with Crippen LogP contribution in [0.1, 0.15) is 60.4 Å². The second-order valence-corrected chi connectivity index (χ2v) is 8.94. The molecule has 0 aliphatic carbocycles. The van der Waals surface area contributed by atoms with Crippen molar-refractivity contribution in [2.75, 3.05) is 20.3 Å². The van der Waals surface area contributed by atoms with Crippen LogP contribution in [-0.4, -0.2) is 44.0 Å². The van der Waals surface area contributed by atoms with Crippen molar-refractivity contribution >= 4 is 41.1 Å². The quantitative estimate of drug-likeness (QED) is 0.149. The van der Waals surface area contributed by atoms with Crippen molar-refractivity contribution in [2.45, 2.75) is 27.2 Å². The molecule has 38 heavy (non-hydrogen) atoms. The number of Topliss-reactive ketones (excluding diaryl/α,β-unsaturated/α-hetero) is 1. The number of hydrogen-bond acceptors (Lipinski definition) is 10. The highest BCUT2D eigenvalue weighted by Crippen LogP contribution is 2.31. The Kier molecular flexibility index (Phi) is 9.35. The molecule has 0 atom stereocenters. The summed E-state index contributed by atoms with van der Waals surface area (Å²) in [5.41, 5.74) is 1.24. The zero-order valence-electron chi connectivity index (χ0n) is 21.3. The van der Waals surface area contributed by atoms with Crippen LogP contribution in [0.5, 0.6) is 0 Å². The number of carbonyl (C=O) groups is 4. The normalized spacial score (nSPS) is 11.0. The van der Waals surface area contributed by atoms with E-state index in [0.29, 0.717) is 27.3 Å². The van der Waals surface area contributed by atoms with E-state index in [0.717, 1.165) is 11.3 Å². The number of methoxy groups -OCH3 is 1. The van der Waals surface area contributed by atoms with E-state index < -0.39 is 23.7 Å². The van der Waals surface area contributed by atoms with E-state index in [2.05, 4.69) is 0 Å². The van der Waals surface area contributed by atoms with Gasteiger partial charge in [0.2, 0.25) is 0 Å². The summed E-state index contributed by atoms with van der Waals surface area (Å²) in [7, 11) is 1.29. The van der Waals surface area contributed by atoms with Gasteiger partial charge in [0.15, 0.2) is 5.78 Å². The van der Waals surface area contributed by atoms with Gasteiger partial charge in [-0.15, -0.1) is 11.3 Å². The van der Waals surface area contributed by atoms with Crippen molar-refractivity contribution in [1.82, 2.24) is 0 Å². The molecule has 2 heterocycles. The van der Waals surface area contributed by atoms with Crippen molar-refractivity contribution in [2.24, 2.45) is 0 Å². The van der Waals surface area contributed by atoms with Gasteiger partial charge in [-0.1, -0.05) is 12.1 Å². The first-order valence-corrected chi connectivity index (χ1v) is 12.5. The average molecular weight is 536 g/mol.